The number of H-pyrrole nitrogens is 1. The molecule has 0 aliphatic rings. The number of hydrogen-bond donors (Lipinski definition) is 2. The number of aliphatic hydroxyl groups is 1. The van der Waals surface area contributed by atoms with Gasteiger partial charge in [0.2, 0.25) is 0 Å². The largest absolute Gasteiger partial charge is 0.465 e. The van der Waals surface area contributed by atoms with E-state index in [0.717, 1.165) is 19.4 Å². The molecule has 1 aromatic heterocycles. The number of rotatable bonds is 4. The van der Waals surface area contributed by atoms with Gasteiger partial charge in [0.1, 0.15) is 0 Å². The second-order valence-electron chi connectivity index (χ2n) is 4.88. The maximum atomic E-state index is 13.4. The highest BCUT2D eigenvalue weighted by Crippen LogP contribution is 2.43. The first kappa shape index (κ1) is 17.8. The Morgan fingerprint density at radius 3 is 2.50 bits per heavy atom. The highest BCUT2D eigenvalue weighted by Gasteiger charge is 2.63. The summed E-state index contributed by atoms with van der Waals surface area (Å²) in [5, 5.41) is 10.0. The minimum Gasteiger partial charge on any atom is -0.465 e. The van der Waals surface area contributed by atoms with Gasteiger partial charge >= 0.3 is 18.1 Å². The summed E-state index contributed by atoms with van der Waals surface area (Å²) in [5.74, 6) is -2.61. The number of methoxy groups -OCH3 is 1. The van der Waals surface area contributed by atoms with Crippen LogP contribution in [0.1, 0.15) is 22.8 Å². The molecule has 2 N–H and O–H groups in total. The van der Waals surface area contributed by atoms with Crippen molar-refractivity contribution in [2.24, 2.45) is 0 Å². The molecule has 0 bridgehead atoms. The molecule has 0 saturated carbocycles. The van der Waals surface area contributed by atoms with Gasteiger partial charge in [-0.1, -0.05) is 0 Å². The zero-order chi connectivity index (χ0) is 18.1. The van der Waals surface area contributed by atoms with Crippen molar-refractivity contribution >= 4 is 22.8 Å². The number of halogens is 3. The Kier molecular flexibility index (Phi) is 4.57. The molecule has 24 heavy (non-hydrogen) atoms. The Hall–Kier alpha value is -2.55. The van der Waals surface area contributed by atoms with Crippen LogP contribution in [0.25, 0.3) is 10.9 Å². The number of benzene rings is 1. The lowest BCUT2D eigenvalue weighted by atomic mass is 9.92. The van der Waals surface area contributed by atoms with Crippen molar-refractivity contribution in [1.82, 2.24) is 4.98 Å². The molecular weight excluding hydrogens is 331 g/mol. The monoisotopic (exact) mass is 345 g/mol. The van der Waals surface area contributed by atoms with Gasteiger partial charge in [-0.05, 0) is 25.1 Å². The normalized spacial score (nSPS) is 14.2. The van der Waals surface area contributed by atoms with Crippen molar-refractivity contribution in [2.45, 2.75) is 18.7 Å². The van der Waals surface area contributed by atoms with Gasteiger partial charge < -0.3 is 19.6 Å². The first-order valence-corrected chi connectivity index (χ1v) is 6.83. The van der Waals surface area contributed by atoms with E-state index in [1.54, 1.807) is 0 Å². The van der Waals surface area contributed by atoms with Crippen molar-refractivity contribution < 1.29 is 37.3 Å². The number of aromatic nitrogens is 1. The van der Waals surface area contributed by atoms with E-state index in [9.17, 15) is 27.9 Å². The molecule has 2 rings (SSSR count). The van der Waals surface area contributed by atoms with Crippen LogP contribution >= 0.6 is 0 Å². The second kappa shape index (κ2) is 6.16. The molecule has 1 heterocycles. The smallest absolute Gasteiger partial charge is 0.432 e. The number of carbonyl (C=O) groups excluding carboxylic acids is 2. The molecule has 1 atom stereocenters. The standard InChI is InChI=1S/C15H14F3NO5/c1-3-24-13(21)14(22,15(16,17)18)10-7-19-11-5-4-8(6-9(10)11)12(20)23-2/h4-7,19,22H,3H2,1-2H3/t14-/m0/s1. The van der Waals surface area contributed by atoms with Crippen LogP contribution < -0.4 is 0 Å². The third-order valence-corrected chi connectivity index (χ3v) is 3.47. The van der Waals surface area contributed by atoms with Crippen LogP contribution in [0.15, 0.2) is 24.4 Å². The number of alkyl halides is 3. The Balaban J connectivity index is 2.71. The highest BCUT2D eigenvalue weighted by molar-refractivity contribution is 5.98. The van der Waals surface area contributed by atoms with Crippen LogP contribution in [0.5, 0.6) is 0 Å². The minimum absolute atomic E-state index is 0.0285. The van der Waals surface area contributed by atoms with Gasteiger partial charge in [0.15, 0.2) is 0 Å². The number of ether oxygens (including phenoxy) is 2. The molecule has 2 aromatic rings. The number of aromatic amines is 1. The van der Waals surface area contributed by atoms with Crippen LogP contribution in [-0.4, -0.2) is 41.9 Å². The average Bonchev–Trinajstić information content (AvgIpc) is 2.95. The third kappa shape index (κ3) is 2.71. The van der Waals surface area contributed by atoms with E-state index >= 15 is 0 Å². The minimum atomic E-state index is -5.32. The lowest BCUT2D eigenvalue weighted by Gasteiger charge is -2.27. The first-order chi connectivity index (χ1) is 11.2. The summed E-state index contributed by atoms with van der Waals surface area (Å²) >= 11 is 0. The second-order valence-corrected chi connectivity index (χ2v) is 4.88. The number of fused-ring (bicyclic) bond motifs is 1. The Morgan fingerprint density at radius 2 is 1.96 bits per heavy atom. The summed E-state index contributed by atoms with van der Waals surface area (Å²) in [6, 6.07) is 3.78. The van der Waals surface area contributed by atoms with E-state index in [2.05, 4.69) is 14.5 Å². The van der Waals surface area contributed by atoms with Gasteiger partial charge in [-0.2, -0.15) is 13.2 Å². The lowest BCUT2D eigenvalue weighted by Crippen LogP contribution is -2.50. The van der Waals surface area contributed by atoms with Crippen LogP contribution in [-0.2, 0) is 19.9 Å². The molecule has 0 spiro atoms. The fourth-order valence-corrected chi connectivity index (χ4v) is 2.28. The number of carbonyl (C=O) groups is 2. The van der Waals surface area contributed by atoms with Crippen molar-refractivity contribution in [3.05, 3.63) is 35.5 Å². The molecule has 6 nitrogen and oxygen atoms in total. The van der Waals surface area contributed by atoms with Crippen molar-refractivity contribution in [2.75, 3.05) is 13.7 Å². The first-order valence-electron chi connectivity index (χ1n) is 6.83. The molecule has 0 aliphatic carbocycles. The van der Waals surface area contributed by atoms with Crippen LogP contribution in [0, 0.1) is 0 Å². The van der Waals surface area contributed by atoms with Gasteiger partial charge in [0, 0.05) is 22.7 Å². The summed E-state index contributed by atoms with van der Waals surface area (Å²) in [7, 11) is 1.12. The van der Waals surface area contributed by atoms with Gasteiger partial charge in [-0.15, -0.1) is 0 Å². The topological polar surface area (TPSA) is 88.6 Å². The number of hydrogen-bond acceptors (Lipinski definition) is 5. The summed E-state index contributed by atoms with van der Waals surface area (Å²) in [6.45, 7) is 0.978. The quantitative estimate of drug-likeness (QED) is 0.830. The third-order valence-electron chi connectivity index (χ3n) is 3.47. The maximum absolute atomic E-state index is 13.4. The predicted octanol–water partition coefficient (Wildman–Crippen LogP) is 2.27. The van der Waals surface area contributed by atoms with Gasteiger partial charge in [-0.3, -0.25) is 0 Å². The van der Waals surface area contributed by atoms with Crippen molar-refractivity contribution in [3.63, 3.8) is 0 Å². The van der Waals surface area contributed by atoms with Crippen LogP contribution in [0.2, 0.25) is 0 Å². The average molecular weight is 345 g/mol. The summed E-state index contributed by atoms with van der Waals surface area (Å²) in [4.78, 5) is 25.9. The predicted molar refractivity (Wildman–Crippen MR) is 76.2 cm³/mol. The van der Waals surface area contributed by atoms with E-state index in [1.807, 2.05) is 0 Å². The molecule has 1 aromatic carbocycles. The molecule has 0 radical (unpaired) electrons. The maximum Gasteiger partial charge on any atom is 0.432 e. The molecule has 130 valence electrons. The highest BCUT2D eigenvalue weighted by atomic mass is 19.4. The van der Waals surface area contributed by atoms with E-state index < -0.39 is 29.3 Å². The molecular formula is C15H14F3NO5. The zero-order valence-corrected chi connectivity index (χ0v) is 12.7. The van der Waals surface area contributed by atoms with E-state index in [4.69, 9.17) is 0 Å². The fourth-order valence-electron chi connectivity index (χ4n) is 2.28. The van der Waals surface area contributed by atoms with E-state index in [1.165, 1.54) is 19.1 Å². The molecule has 0 saturated heterocycles. The number of nitrogens with one attached hydrogen (secondary N) is 1. The summed E-state index contributed by atoms with van der Waals surface area (Å²) in [6.07, 6.45) is -4.47. The van der Waals surface area contributed by atoms with Crippen molar-refractivity contribution in [1.29, 1.82) is 0 Å². The Morgan fingerprint density at radius 1 is 1.29 bits per heavy atom. The van der Waals surface area contributed by atoms with Gasteiger partial charge in [-0.25, -0.2) is 9.59 Å². The lowest BCUT2D eigenvalue weighted by molar-refractivity contribution is -0.267. The fraction of sp³-hybridized carbons (Fsp3) is 0.333. The molecule has 0 aliphatic heterocycles. The molecule has 0 amide bonds. The SMILES string of the molecule is CCOC(=O)[C@@](O)(c1c[nH]c2ccc(C(=O)OC)cc12)C(F)(F)F. The Labute approximate surface area is 134 Å². The van der Waals surface area contributed by atoms with E-state index in [0.29, 0.717) is 0 Å². The summed E-state index contributed by atoms with van der Waals surface area (Å²) in [5.41, 5.74) is -4.45. The van der Waals surface area contributed by atoms with Crippen molar-refractivity contribution in [3.8, 4) is 0 Å². The number of esters is 2. The van der Waals surface area contributed by atoms with Gasteiger partial charge in [0.05, 0.1) is 19.3 Å². The Bertz CT molecular complexity index is 783. The summed E-state index contributed by atoms with van der Waals surface area (Å²) < 4.78 is 49.2. The van der Waals surface area contributed by atoms with Crippen LogP contribution in [0.3, 0.4) is 0 Å². The molecule has 0 unspecified atom stereocenters. The van der Waals surface area contributed by atoms with E-state index in [-0.39, 0.29) is 23.1 Å². The molecule has 0 fully saturated rings. The van der Waals surface area contributed by atoms with Gasteiger partial charge in [0.25, 0.3) is 5.60 Å². The molecule has 9 heteroatoms. The van der Waals surface area contributed by atoms with Crippen LogP contribution in [0.4, 0.5) is 13.2 Å². The zero-order valence-electron chi connectivity index (χ0n) is 12.7.